The van der Waals surface area contributed by atoms with Gasteiger partial charge in [0.2, 0.25) is 0 Å². The van der Waals surface area contributed by atoms with Crippen molar-refractivity contribution in [1.29, 1.82) is 5.26 Å². The summed E-state index contributed by atoms with van der Waals surface area (Å²) >= 11 is 0. The Hall–Kier alpha value is -1.09. The summed E-state index contributed by atoms with van der Waals surface area (Å²) in [5, 5.41) is 16.3. The molecule has 0 saturated heterocycles. The van der Waals surface area contributed by atoms with Crippen molar-refractivity contribution >= 4 is 15.8 Å². The number of carbonyl (C=O) groups is 1. The Morgan fingerprint density at radius 3 is 2.54 bits per heavy atom. The molecule has 0 bridgehead atoms. The topological polar surface area (TPSA) is 95.2 Å². The molecule has 2 atom stereocenters. The van der Waals surface area contributed by atoms with E-state index >= 15 is 0 Å². The van der Waals surface area contributed by atoms with E-state index in [1.807, 2.05) is 0 Å². The minimum Gasteiger partial charge on any atom is -0.481 e. The van der Waals surface area contributed by atoms with Gasteiger partial charge in [0.15, 0.2) is 9.84 Å². The third kappa shape index (κ3) is 1.80. The SMILES string of the molecule is CS(=O)(=O)[C@@H]1C[C@@]1(C#N)CC(=O)O. The zero-order chi connectivity index (χ0) is 10.3. The number of hydrogen-bond acceptors (Lipinski definition) is 4. The van der Waals surface area contributed by atoms with E-state index in [4.69, 9.17) is 10.4 Å². The van der Waals surface area contributed by atoms with Gasteiger partial charge in [-0.05, 0) is 6.42 Å². The lowest BCUT2D eigenvalue weighted by atomic mass is 10.1. The van der Waals surface area contributed by atoms with Gasteiger partial charge in [0.25, 0.3) is 0 Å². The van der Waals surface area contributed by atoms with Crippen LogP contribution in [0.1, 0.15) is 12.8 Å². The summed E-state index contributed by atoms with van der Waals surface area (Å²) in [5.41, 5.74) is -1.17. The Bertz CT molecular complexity index is 380. The van der Waals surface area contributed by atoms with E-state index in [0.717, 1.165) is 6.26 Å². The molecule has 1 N–H and O–H groups in total. The van der Waals surface area contributed by atoms with Crippen molar-refractivity contribution in [2.45, 2.75) is 18.1 Å². The highest BCUT2D eigenvalue weighted by Crippen LogP contribution is 2.52. The monoisotopic (exact) mass is 203 g/mol. The van der Waals surface area contributed by atoms with Crippen molar-refractivity contribution in [1.82, 2.24) is 0 Å². The lowest BCUT2D eigenvalue weighted by molar-refractivity contribution is -0.137. The van der Waals surface area contributed by atoms with Crippen LogP contribution in [-0.4, -0.2) is 31.0 Å². The van der Waals surface area contributed by atoms with E-state index in [9.17, 15) is 13.2 Å². The van der Waals surface area contributed by atoms with Gasteiger partial charge in [-0.15, -0.1) is 0 Å². The van der Waals surface area contributed by atoms with Crippen LogP contribution in [0.3, 0.4) is 0 Å². The molecule has 1 fully saturated rings. The minimum atomic E-state index is -3.28. The highest BCUT2D eigenvalue weighted by molar-refractivity contribution is 7.91. The molecular weight excluding hydrogens is 194 g/mol. The molecule has 0 heterocycles. The average molecular weight is 203 g/mol. The van der Waals surface area contributed by atoms with Crippen LogP contribution in [0, 0.1) is 16.7 Å². The number of nitrogens with zero attached hydrogens (tertiary/aromatic N) is 1. The molecule has 0 aliphatic heterocycles. The van der Waals surface area contributed by atoms with Gasteiger partial charge in [0, 0.05) is 6.26 Å². The molecule has 0 radical (unpaired) electrons. The van der Waals surface area contributed by atoms with Gasteiger partial charge in [-0.2, -0.15) is 5.26 Å². The molecule has 0 amide bonds. The molecule has 0 aromatic carbocycles. The molecule has 72 valence electrons. The fourth-order valence-corrected chi connectivity index (χ4v) is 3.00. The Kier molecular flexibility index (Phi) is 2.08. The number of carboxylic acid groups (broad SMARTS) is 1. The van der Waals surface area contributed by atoms with E-state index < -0.39 is 26.5 Å². The summed E-state index contributed by atoms with van der Waals surface area (Å²) in [7, 11) is -3.28. The second-order valence-electron chi connectivity index (χ2n) is 3.36. The lowest BCUT2D eigenvalue weighted by Crippen LogP contribution is -2.16. The van der Waals surface area contributed by atoms with Crippen molar-refractivity contribution in [2.24, 2.45) is 5.41 Å². The van der Waals surface area contributed by atoms with Gasteiger partial charge in [-0.25, -0.2) is 8.42 Å². The normalized spacial score (nSPS) is 32.2. The molecule has 6 heteroatoms. The molecule has 0 unspecified atom stereocenters. The summed E-state index contributed by atoms with van der Waals surface area (Å²) in [4.78, 5) is 10.3. The van der Waals surface area contributed by atoms with Crippen molar-refractivity contribution in [3.63, 3.8) is 0 Å². The highest BCUT2D eigenvalue weighted by atomic mass is 32.2. The second-order valence-corrected chi connectivity index (χ2v) is 5.59. The van der Waals surface area contributed by atoms with Crippen LogP contribution >= 0.6 is 0 Å². The van der Waals surface area contributed by atoms with Gasteiger partial charge in [0.1, 0.15) is 0 Å². The predicted octanol–water partition coefficient (Wildman–Crippen LogP) is -0.212. The fraction of sp³-hybridized carbons (Fsp3) is 0.714. The molecule has 1 aliphatic rings. The molecule has 0 spiro atoms. The van der Waals surface area contributed by atoms with Gasteiger partial charge >= 0.3 is 5.97 Å². The molecular formula is C7H9NO4S. The summed E-state index contributed by atoms with van der Waals surface area (Å²) in [6.07, 6.45) is 0.786. The number of carboxylic acids is 1. The Morgan fingerprint density at radius 1 is 1.77 bits per heavy atom. The third-order valence-corrected chi connectivity index (χ3v) is 3.86. The number of sulfone groups is 1. The summed E-state index contributed by atoms with van der Waals surface area (Å²) in [5.74, 6) is -1.13. The maximum absolute atomic E-state index is 11.0. The number of nitriles is 1. The van der Waals surface area contributed by atoms with E-state index in [1.54, 1.807) is 6.07 Å². The van der Waals surface area contributed by atoms with Gasteiger partial charge < -0.3 is 5.11 Å². The number of rotatable bonds is 3. The average Bonchev–Trinajstić information content (AvgIpc) is 2.62. The first-order valence-electron chi connectivity index (χ1n) is 3.64. The molecule has 0 aromatic rings. The van der Waals surface area contributed by atoms with Crippen LogP contribution in [-0.2, 0) is 14.6 Å². The maximum atomic E-state index is 11.0. The minimum absolute atomic E-state index is 0.147. The van der Waals surface area contributed by atoms with Crippen molar-refractivity contribution < 1.29 is 18.3 Å². The van der Waals surface area contributed by atoms with E-state index in [0.29, 0.717) is 0 Å². The zero-order valence-corrected chi connectivity index (χ0v) is 7.84. The molecule has 5 nitrogen and oxygen atoms in total. The van der Waals surface area contributed by atoms with Crippen LogP contribution in [0.25, 0.3) is 0 Å². The zero-order valence-electron chi connectivity index (χ0n) is 7.02. The van der Waals surface area contributed by atoms with Crippen LogP contribution in [0.2, 0.25) is 0 Å². The molecule has 0 aromatic heterocycles. The number of hydrogen-bond donors (Lipinski definition) is 1. The van der Waals surface area contributed by atoms with Gasteiger partial charge in [-0.3, -0.25) is 4.79 Å². The molecule has 1 saturated carbocycles. The van der Waals surface area contributed by atoms with Crippen LogP contribution < -0.4 is 0 Å². The second kappa shape index (κ2) is 2.70. The molecule has 13 heavy (non-hydrogen) atoms. The smallest absolute Gasteiger partial charge is 0.305 e. The first kappa shape index (κ1) is 9.99. The van der Waals surface area contributed by atoms with Gasteiger partial charge in [-0.1, -0.05) is 0 Å². The fourth-order valence-electron chi connectivity index (χ4n) is 1.45. The Morgan fingerprint density at radius 2 is 2.31 bits per heavy atom. The maximum Gasteiger partial charge on any atom is 0.305 e. The van der Waals surface area contributed by atoms with Crippen LogP contribution in [0.4, 0.5) is 0 Å². The first-order valence-corrected chi connectivity index (χ1v) is 5.59. The van der Waals surface area contributed by atoms with Crippen LogP contribution in [0.15, 0.2) is 0 Å². The van der Waals surface area contributed by atoms with Gasteiger partial charge in [0.05, 0.1) is 23.2 Å². The molecule has 1 rings (SSSR count). The van der Waals surface area contributed by atoms with Crippen LogP contribution in [0.5, 0.6) is 0 Å². The summed E-state index contributed by atoms with van der Waals surface area (Å²) in [6.45, 7) is 0. The standard InChI is InChI=1S/C7H9NO4S/c1-13(11,12)5-2-7(5,4-8)3-6(9)10/h5H,2-3H2,1H3,(H,9,10)/t5-,7+/m1/s1. The lowest BCUT2D eigenvalue weighted by Gasteiger charge is -2.02. The van der Waals surface area contributed by atoms with Crippen molar-refractivity contribution in [3.05, 3.63) is 0 Å². The highest BCUT2D eigenvalue weighted by Gasteiger charge is 2.61. The summed E-state index contributed by atoms with van der Waals surface area (Å²) in [6, 6.07) is 1.78. The van der Waals surface area contributed by atoms with E-state index in [-0.39, 0.29) is 12.8 Å². The van der Waals surface area contributed by atoms with Crippen molar-refractivity contribution in [2.75, 3.05) is 6.26 Å². The van der Waals surface area contributed by atoms with E-state index in [2.05, 4.69) is 0 Å². The number of aliphatic carboxylic acids is 1. The van der Waals surface area contributed by atoms with E-state index in [1.165, 1.54) is 0 Å². The quantitative estimate of drug-likeness (QED) is 0.684. The Balaban J connectivity index is 2.83. The first-order chi connectivity index (χ1) is 5.82. The third-order valence-electron chi connectivity index (χ3n) is 2.21. The molecule has 1 aliphatic carbocycles. The largest absolute Gasteiger partial charge is 0.481 e. The predicted molar refractivity (Wildman–Crippen MR) is 43.5 cm³/mol. The summed E-state index contributed by atoms with van der Waals surface area (Å²) < 4.78 is 22.0. The van der Waals surface area contributed by atoms with Crippen molar-refractivity contribution in [3.8, 4) is 6.07 Å². The Labute approximate surface area is 75.9 Å².